The molecule has 0 radical (unpaired) electrons. The van der Waals surface area contributed by atoms with Crippen LogP contribution in [0.1, 0.15) is 23.2 Å². The number of rotatable bonds is 3. The molecule has 5 nitrogen and oxygen atoms in total. The van der Waals surface area contributed by atoms with Crippen molar-refractivity contribution < 1.29 is 18.8 Å². The van der Waals surface area contributed by atoms with Gasteiger partial charge in [-0.05, 0) is 37.1 Å². The molecule has 3 rings (SSSR count). The summed E-state index contributed by atoms with van der Waals surface area (Å²) in [4.78, 5) is 16.3. The molecule has 1 aromatic carbocycles. The van der Waals surface area contributed by atoms with Crippen LogP contribution >= 0.6 is 0 Å². The molecular weight excluding hydrogens is 316 g/mol. The Morgan fingerprint density at radius 2 is 1.83 bits per heavy atom. The molecule has 2 N–H and O–H groups in total. The highest BCUT2D eigenvalue weighted by Gasteiger charge is 2.20. The van der Waals surface area contributed by atoms with Crippen molar-refractivity contribution in [2.45, 2.75) is 18.9 Å². The van der Waals surface area contributed by atoms with Crippen molar-refractivity contribution in [3.8, 4) is 11.3 Å². The largest absolute Gasteiger partial charge is 0.349 e. The zero-order valence-electron chi connectivity index (χ0n) is 12.9. The van der Waals surface area contributed by atoms with E-state index in [1.54, 1.807) is 12.1 Å². The summed E-state index contributed by atoms with van der Waals surface area (Å²) < 4.78 is 26.5. The normalized spacial score (nSPS) is 16.1. The van der Waals surface area contributed by atoms with E-state index >= 15 is 0 Å². The fourth-order valence-electron chi connectivity index (χ4n) is 2.68. The van der Waals surface area contributed by atoms with Crippen molar-refractivity contribution >= 4 is 5.91 Å². The van der Waals surface area contributed by atoms with Crippen molar-refractivity contribution in [2.75, 3.05) is 13.1 Å². The molecule has 2 heterocycles. The third-order valence-corrected chi connectivity index (χ3v) is 3.99. The number of hydrogen-bond donors (Lipinski definition) is 2. The molecule has 0 aliphatic carbocycles. The molecule has 0 bridgehead atoms. The molecule has 1 amide bonds. The van der Waals surface area contributed by atoms with E-state index in [-0.39, 0.29) is 11.9 Å². The minimum absolute atomic E-state index is 0.0119. The lowest BCUT2D eigenvalue weighted by Crippen LogP contribution is -2.43. The Hall–Kier alpha value is -2.38. The van der Waals surface area contributed by atoms with Gasteiger partial charge in [0.1, 0.15) is 11.6 Å². The van der Waals surface area contributed by atoms with Gasteiger partial charge in [0.15, 0.2) is 0 Å². The van der Waals surface area contributed by atoms with Crippen molar-refractivity contribution in [2.24, 2.45) is 0 Å². The third kappa shape index (κ3) is 3.93. The van der Waals surface area contributed by atoms with Crippen LogP contribution in [0.4, 0.5) is 8.78 Å². The second kappa shape index (κ2) is 7.02. The molecule has 24 heavy (non-hydrogen) atoms. The Balaban J connectivity index is 1.68. The smallest absolute Gasteiger partial charge is 0.253 e. The first kappa shape index (κ1) is 16.5. The molecule has 0 spiro atoms. The van der Waals surface area contributed by atoms with Crippen LogP contribution < -0.4 is 5.32 Å². The minimum atomic E-state index is -0.677. The van der Waals surface area contributed by atoms with Crippen molar-refractivity contribution in [3.05, 3.63) is 53.7 Å². The first-order chi connectivity index (χ1) is 11.5. The SMILES string of the molecule is O=C(NC1CCN(O)CC1)c1ccc(-c2cc(F)cc(F)c2)nc1. The Kier molecular flexibility index (Phi) is 4.82. The average Bonchev–Trinajstić information content (AvgIpc) is 2.56. The molecule has 1 fully saturated rings. The van der Waals surface area contributed by atoms with Crippen molar-refractivity contribution in [3.63, 3.8) is 0 Å². The molecule has 1 aromatic heterocycles. The number of piperidine rings is 1. The van der Waals surface area contributed by atoms with Crippen LogP contribution in [0.2, 0.25) is 0 Å². The predicted octanol–water partition coefficient (Wildman–Crippen LogP) is 2.61. The number of benzene rings is 1. The van der Waals surface area contributed by atoms with Crippen LogP contribution in [-0.2, 0) is 0 Å². The highest BCUT2D eigenvalue weighted by atomic mass is 19.1. The number of pyridine rings is 1. The first-order valence-electron chi connectivity index (χ1n) is 7.68. The number of hydroxylamine groups is 2. The van der Waals surface area contributed by atoms with Gasteiger partial charge in [-0.25, -0.2) is 8.78 Å². The van der Waals surface area contributed by atoms with Gasteiger partial charge in [0, 0.05) is 37.0 Å². The van der Waals surface area contributed by atoms with Gasteiger partial charge in [0.05, 0.1) is 11.3 Å². The Morgan fingerprint density at radius 1 is 1.17 bits per heavy atom. The van der Waals surface area contributed by atoms with Crippen LogP contribution in [0, 0.1) is 11.6 Å². The number of nitrogens with one attached hydrogen (secondary N) is 1. The number of halogens is 2. The van der Waals surface area contributed by atoms with Gasteiger partial charge in [0.25, 0.3) is 5.91 Å². The van der Waals surface area contributed by atoms with Gasteiger partial charge in [-0.3, -0.25) is 9.78 Å². The molecule has 0 atom stereocenters. The lowest BCUT2D eigenvalue weighted by Gasteiger charge is -2.28. The summed E-state index contributed by atoms with van der Waals surface area (Å²) in [5, 5.41) is 13.4. The van der Waals surface area contributed by atoms with Gasteiger partial charge in [-0.15, -0.1) is 0 Å². The Bertz CT molecular complexity index is 709. The maximum atomic E-state index is 13.3. The van der Waals surface area contributed by atoms with Gasteiger partial charge < -0.3 is 10.5 Å². The lowest BCUT2D eigenvalue weighted by molar-refractivity contribution is -0.107. The fourth-order valence-corrected chi connectivity index (χ4v) is 2.68. The van der Waals surface area contributed by atoms with E-state index in [4.69, 9.17) is 0 Å². The molecule has 0 unspecified atom stereocenters. The van der Waals surface area contributed by atoms with E-state index in [2.05, 4.69) is 10.3 Å². The Morgan fingerprint density at radius 3 is 2.42 bits per heavy atom. The maximum absolute atomic E-state index is 13.3. The number of carbonyl (C=O) groups is 1. The van der Waals surface area contributed by atoms with E-state index in [0.29, 0.717) is 42.8 Å². The number of nitrogens with zero attached hydrogens (tertiary/aromatic N) is 2. The fraction of sp³-hybridized carbons (Fsp3) is 0.294. The van der Waals surface area contributed by atoms with E-state index < -0.39 is 11.6 Å². The summed E-state index contributed by atoms with van der Waals surface area (Å²) in [5.41, 5.74) is 1.08. The molecule has 1 saturated heterocycles. The summed E-state index contributed by atoms with van der Waals surface area (Å²) in [6.07, 6.45) is 2.74. The Labute approximate surface area is 137 Å². The maximum Gasteiger partial charge on any atom is 0.253 e. The second-order valence-electron chi connectivity index (χ2n) is 5.79. The lowest BCUT2D eigenvalue weighted by atomic mass is 10.1. The van der Waals surface area contributed by atoms with E-state index in [1.165, 1.54) is 23.4 Å². The quantitative estimate of drug-likeness (QED) is 0.906. The van der Waals surface area contributed by atoms with Crippen LogP contribution in [-0.4, -0.2) is 40.3 Å². The van der Waals surface area contributed by atoms with Crippen LogP contribution in [0.25, 0.3) is 11.3 Å². The molecule has 1 aliphatic rings. The zero-order valence-corrected chi connectivity index (χ0v) is 12.9. The highest BCUT2D eigenvalue weighted by molar-refractivity contribution is 5.94. The molecule has 0 saturated carbocycles. The average molecular weight is 333 g/mol. The molecule has 7 heteroatoms. The number of aromatic nitrogens is 1. The second-order valence-corrected chi connectivity index (χ2v) is 5.79. The summed E-state index contributed by atoms with van der Waals surface area (Å²) in [6, 6.07) is 6.31. The topological polar surface area (TPSA) is 65.5 Å². The molecule has 2 aromatic rings. The highest BCUT2D eigenvalue weighted by Crippen LogP contribution is 2.20. The van der Waals surface area contributed by atoms with Gasteiger partial charge >= 0.3 is 0 Å². The summed E-state index contributed by atoms with van der Waals surface area (Å²) in [6.45, 7) is 1.04. The summed E-state index contributed by atoms with van der Waals surface area (Å²) >= 11 is 0. The number of carbonyl (C=O) groups excluding carboxylic acids is 1. The number of hydrogen-bond acceptors (Lipinski definition) is 4. The van der Waals surface area contributed by atoms with Gasteiger partial charge in [-0.1, -0.05) is 0 Å². The van der Waals surface area contributed by atoms with E-state index in [1.807, 2.05) is 0 Å². The molecule has 1 aliphatic heterocycles. The van der Waals surface area contributed by atoms with Gasteiger partial charge in [-0.2, -0.15) is 5.06 Å². The monoisotopic (exact) mass is 333 g/mol. The number of amides is 1. The summed E-state index contributed by atoms with van der Waals surface area (Å²) in [7, 11) is 0. The summed E-state index contributed by atoms with van der Waals surface area (Å²) in [5.74, 6) is -1.61. The third-order valence-electron chi connectivity index (χ3n) is 3.99. The standard InChI is InChI=1S/C17H17F2N3O2/c18-13-7-12(8-14(19)9-13)16-2-1-11(10-20-16)17(23)21-15-3-5-22(24)6-4-15/h1-2,7-10,15,24H,3-6H2,(H,21,23). The minimum Gasteiger partial charge on any atom is -0.349 e. The van der Waals surface area contributed by atoms with Crippen LogP contribution in [0.5, 0.6) is 0 Å². The zero-order chi connectivity index (χ0) is 17.1. The van der Waals surface area contributed by atoms with Gasteiger partial charge in [0.2, 0.25) is 0 Å². The van der Waals surface area contributed by atoms with Crippen molar-refractivity contribution in [1.29, 1.82) is 0 Å². The molecular formula is C17H17F2N3O2. The van der Waals surface area contributed by atoms with E-state index in [0.717, 1.165) is 6.07 Å². The van der Waals surface area contributed by atoms with Crippen molar-refractivity contribution in [1.82, 2.24) is 15.4 Å². The van der Waals surface area contributed by atoms with Crippen LogP contribution in [0.3, 0.4) is 0 Å². The first-order valence-corrected chi connectivity index (χ1v) is 7.68. The van der Waals surface area contributed by atoms with Crippen LogP contribution in [0.15, 0.2) is 36.5 Å². The molecule has 126 valence electrons. The predicted molar refractivity (Wildman–Crippen MR) is 83.4 cm³/mol. The van der Waals surface area contributed by atoms with E-state index in [9.17, 15) is 18.8 Å².